The van der Waals surface area contributed by atoms with Gasteiger partial charge in [-0.15, -0.1) is 0 Å². The van der Waals surface area contributed by atoms with Gasteiger partial charge in [0.25, 0.3) is 5.91 Å². The number of rotatable bonds is 3. The fraction of sp³-hybridized carbons (Fsp3) is 0.235. The van der Waals surface area contributed by atoms with Crippen molar-refractivity contribution in [3.63, 3.8) is 0 Å². The molecule has 1 amide bonds. The molecule has 0 aliphatic carbocycles. The first-order valence-electron chi connectivity index (χ1n) is 6.91. The molecule has 1 atom stereocenters. The molecule has 1 aliphatic rings. The normalized spacial score (nSPS) is 18.8. The largest absolute Gasteiger partial charge is 0.332 e. The topological polar surface area (TPSA) is 20.3 Å². The minimum Gasteiger partial charge on any atom is -0.332 e. The lowest BCUT2D eigenvalue weighted by molar-refractivity contribution is 0.0762. The molecule has 1 aromatic heterocycles. The lowest BCUT2D eigenvalue weighted by Gasteiger charge is -2.21. The van der Waals surface area contributed by atoms with E-state index in [1.807, 2.05) is 39.9 Å². The van der Waals surface area contributed by atoms with Crippen molar-refractivity contribution < 1.29 is 4.79 Å². The van der Waals surface area contributed by atoms with Gasteiger partial charge in [0, 0.05) is 11.9 Å². The molecule has 0 radical (unpaired) electrons. The Hall–Kier alpha value is -1.87. The minimum absolute atomic E-state index is 0.159. The van der Waals surface area contributed by atoms with E-state index in [0.29, 0.717) is 0 Å². The Kier molecular flexibility index (Phi) is 3.97. The molecule has 3 rings (SSSR count). The number of benzene rings is 1. The summed E-state index contributed by atoms with van der Waals surface area (Å²) in [6.45, 7) is 0.860. The van der Waals surface area contributed by atoms with Crippen LogP contribution in [0.15, 0.2) is 53.2 Å². The highest BCUT2D eigenvalue weighted by Crippen LogP contribution is 2.22. The molecule has 1 aliphatic heterocycles. The average Bonchev–Trinajstić information content (AvgIpc) is 3.17. The van der Waals surface area contributed by atoms with E-state index in [1.165, 1.54) is 5.56 Å². The monoisotopic (exact) mass is 283 g/mol. The second-order valence-electron chi connectivity index (χ2n) is 4.99. The van der Waals surface area contributed by atoms with Crippen LogP contribution in [0.25, 0.3) is 6.08 Å². The fourth-order valence-corrected chi connectivity index (χ4v) is 3.21. The maximum Gasteiger partial charge on any atom is 0.255 e. The van der Waals surface area contributed by atoms with Crippen molar-refractivity contribution in [3.05, 3.63) is 64.4 Å². The molecular formula is C17H17NOS. The number of hydrogen-bond donors (Lipinski definition) is 0. The SMILES string of the molecule is O=C(c1ccsc1)N1CCCC1C=Cc1ccccc1. The third-order valence-electron chi connectivity index (χ3n) is 3.64. The van der Waals surface area contributed by atoms with Crippen molar-refractivity contribution in [2.75, 3.05) is 6.54 Å². The summed E-state index contributed by atoms with van der Waals surface area (Å²) < 4.78 is 0. The third kappa shape index (κ3) is 2.83. The summed E-state index contributed by atoms with van der Waals surface area (Å²) in [5.74, 6) is 0.159. The van der Waals surface area contributed by atoms with Gasteiger partial charge in [0.1, 0.15) is 0 Å². The maximum atomic E-state index is 12.4. The van der Waals surface area contributed by atoms with Gasteiger partial charge in [0.15, 0.2) is 0 Å². The van der Waals surface area contributed by atoms with Gasteiger partial charge in [-0.3, -0.25) is 4.79 Å². The van der Waals surface area contributed by atoms with Crippen molar-refractivity contribution in [1.29, 1.82) is 0 Å². The number of carbonyl (C=O) groups excluding carboxylic acids is 1. The Morgan fingerprint density at radius 1 is 1.25 bits per heavy atom. The summed E-state index contributed by atoms with van der Waals surface area (Å²) in [6, 6.07) is 12.4. The minimum atomic E-state index is 0.159. The van der Waals surface area contributed by atoms with Crippen LogP contribution in [0.5, 0.6) is 0 Å². The Morgan fingerprint density at radius 3 is 2.85 bits per heavy atom. The van der Waals surface area contributed by atoms with Crippen molar-refractivity contribution in [2.45, 2.75) is 18.9 Å². The van der Waals surface area contributed by atoms with E-state index in [9.17, 15) is 4.79 Å². The van der Waals surface area contributed by atoms with Crippen molar-refractivity contribution >= 4 is 23.3 Å². The highest BCUT2D eigenvalue weighted by Gasteiger charge is 2.27. The van der Waals surface area contributed by atoms with Crippen LogP contribution >= 0.6 is 11.3 Å². The van der Waals surface area contributed by atoms with E-state index >= 15 is 0 Å². The predicted molar refractivity (Wildman–Crippen MR) is 83.9 cm³/mol. The number of nitrogens with zero attached hydrogens (tertiary/aromatic N) is 1. The van der Waals surface area contributed by atoms with Gasteiger partial charge in [0.05, 0.1) is 11.6 Å². The summed E-state index contributed by atoms with van der Waals surface area (Å²) in [4.78, 5) is 14.4. The Bertz CT molecular complexity index is 589. The van der Waals surface area contributed by atoms with Gasteiger partial charge < -0.3 is 4.90 Å². The van der Waals surface area contributed by atoms with E-state index < -0.39 is 0 Å². The first kappa shape index (κ1) is 13.1. The van der Waals surface area contributed by atoms with E-state index in [-0.39, 0.29) is 11.9 Å². The maximum absolute atomic E-state index is 12.4. The van der Waals surface area contributed by atoms with Gasteiger partial charge in [-0.1, -0.05) is 42.5 Å². The molecule has 0 bridgehead atoms. The Labute approximate surface area is 123 Å². The molecule has 0 spiro atoms. The Balaban J connectivity index is 1.73. The number of carbonyl (C=O) groups is 1. The molecule has 0 saturated carbocycles. The highest BCUT2D eigenvalue weighted by molar-refractivity contribution is 7.08. The zero-order valence-corrected chi connectivity index (χ0v) is 12.1. The van der Waals surface area contributed by atoms with Gasteiger partial charge in [-0.25, -0.2) is 0 Å². The van der Waals surface area contributed by atoms with Crippen LogP contribution in [-0.2, 0) is 0 Å². The van der Waals surface area contributed by atoms with Gasteiger partial charge >= 0.3 is 0 Å². The smallest absolute Gasteiger partial charge is 0.255 e. The van der Waals surface area contributed by atoms with Crippen LogP contribution < -0.4 is 0 Å². The van der Waals surface area contributed by atoms with Crippen LogP contribution in [0, 0.1) is 0 Å². The first-order valence-corrected chi connectivity index (χ1v) is 7.85. The van der Waals surface area contributed by atoms with Crippen LogP contribution in [0.3, 0.4) is 0 Å². The van der Waals surface area contributed by atoms with Crippen LogP contribution in [0.4, 0.5) is 0 Å². The van der Waals surface area contributed by atoms with Gasteiger partial charge in [-0.2, -0.15) is 11.3 Å². The zero-order valence-electron chi connectivity index (χ0n) is 11.2. The summed E-state index contributed by atoms with van der Waals surface area (Å²) in [5.41, 5.74) is 2.00. The highest BCUT2D eigenvalue weighted by atomic mass is 32.1. The second-order valence-corrected chi connectivity index (χ2v) is 5.77. The fourth-order valence-electron chi connectivity index (χ4n) is 2.58. The van der Waals surface area contributed by atoms with Crippen molar-refractivity contribution in [3.8, 4) is 0 Å². The van der Waals surface area contributed by atoms with Gasteiger partial charge in [-0.05, 0) is 29.9 Å². The molecule has 1 fully saturated rings. The molecular weight excluding hydrogens is 266 g/mol. The predicted octanol–water partition coefficient (Wildman–Crippen LogP) is 4.07. The van der Waals surface area contributed by atoms with Crippen LogP contribution in [0.1, 0.15) is 28.8 Å². The Morgan fingerprint density at radius 2 is 2.10 bits per heavy atom. The molecule has 1 saturated heterocycles. The second kappa shape index (κ2) is 6.06. The molecule has 2 heterocycles. The number of likely N-dealkylation sites (tertiary alicyclic amines) is 1. The number of amides is 1. The quantitative estimate of drug-likeness (QED) is 0.831. The standard InChI is InChI=1S/C17H17NOS/c19-17(15-10-12-20-13-15)18-11-4-7-16(18)9-8-14-5-2-1-3-6-14/h1-3,5-6,8-10,12-13,16H,4,7,11H2. The van der Waals surface area contributed by atoms with Crippen LogP contribution in [-0.4, -0.2) is 23.4 Å². The number of hydrogen-bond acceptors (Lipinski definition) is 2. The summed E-state index contributed by atoms with van der Waals surface area (Å²) >= 11 is 1.57. The lowest BCUT2D eigenvalue weighted by atomic mass is 10.1. The van der Waals surface area contributed by atoms with E-state index in [0.717, 1.165) is 24.9 Å². The van der Waals surface area contributed by atoms with Gasteiger partial charge in [0.2, 0.25) is 0 Å². The van der Waals surface area contributed by atoms with E-state index in [1.54, 1.807) is 11.3 Å². The first-order chi connectivity index (χ1) is 9.84. The lowest BCUT2D eigenvalue weighted by Crippen LogP contribution is -2.34. The van der Waals surface area contributed by atoms with E-state index in [2.05, 4.69) is 24.3 Å². The molecule has 1 unspecified atom stereocenters. The van der Waals surface area contributed by atoms with Crippen molar-refractivity contribution in [1.82, 2.24) is 4.90 Å². The molecule has 2 nitrogen and oxygen atoms in total. The summed E-state index contributed by atoms with van der Waals surface area (Å²) in [5, 5.41) is 3.89. The summed E-state index contributed by atoms with van der Waals surface area (Å²) in [7, 11) is 0. The molecule has 3 heteroatoms. The summed E-state index contributed by atoms with van der Waals surface area (Å²) in [6.07, 6.45) is 6.41. The zero-order chi connectivity index (χ0) is 13.8. The van der Waals surface area contributed by atoms with Crippen molar-refractivity contribution in [2.24, 2.45) is 0 Å². The number of thiophene rings is 1. The molecule has 102 valence electrons. The third-order valence-corrected chi connectivity index (χ3v) is 4.32. The molecule has 2 aromatic rings. The average molecular weight is 283 g/mol. The molecule has 1 aromatic carbocycles. The van der Waals surface area contributed by atoms with E-state index in [4.69, 9.17) is 0 Å². The van der Waals surface area contributed by atoms with Crippen LogP contribution in [0.2, 0.25) is 0 Å². The molecule has 0 N–H and O–H groups in total. The molecule has 20 heavy (non-hydrogen) atoms.